The fraction of sp³-hybridized carbons (Fsp3) is 0.333. The zero-order valence-corrected chi connectivity index (χ0v) is 19.7. The summed E-state index contributed by atoms with van der Waals surface area (Å²) in [5.41, 5.74) is 8.42. The third-order valence-electron chi connectivity index (χ3n) is 6.64. The maximum absolute atomic E-state index is 15.0. The number of carbonyl (C=O) groups is 2. The molecule has 8 heteroatoms. The van der Waals surface area contributed by atoms with Gasteiger partial charge in [0.15, 0.2) is 5.78 Å². The molecule has 4 rings (SSSR count). The van der Waals surface area contributed by atoms with Gasteiger partial charge in [-0.3, -0.25) is 9.59 Å². The first-order valence-corrected chi connectivity index (χ1v) is 11.7. The Hall–Kier alpha value is -3.65. The number of nitrogens with two attached hydrogens (primary N) is 1. The van der Waals surface area contributed by atoms with Gasteiger partial charge in [-0.05, 0) is 30.5 Å². The number of hydrogen-bond donors (Lipinski definition) is 2. The van der Waals surface area contributed by atoms with Crippen LogP contribution in [0.1, 0.15) is 59.6 Å². The number of halogens is 1. The van der Waals surface area contributed by atoms with E-state index >= 15 is 4.39 Å². The van der Waals surface area contributed by atoms with Crippen molar-refractivity contribution < 1.29 is 19.1 Å². The normalized spacial score (nSPS) is 15.1. The fourth-order valence-electron chi connectivity index (χ4n) is 4.55. The van der Waals surface area contributed by atoms with Gasteiger partial charge in [-0.1, -0.05) is 36.4 Å². The van der Waals surface area contributed by atoms with Gasteiger partial charge in [0.1, 0.15) is 17.3 Å². The highest BCUT2D eigenvalue weighted by atomic mass is 19.1. The van der Waals surface area contributed by atoms with E-state index < -0.39 is 11.7 Å². The van der Waals surface area contributed by atoms with E-state index in [1.807, 2.05) is 35.2 Å². The molecule has 0 aliphatic carbocycles. The summed E-state index contributed by atoms with van der Waals surface area (Å²) in [4.78, 5) is 35.2. The Morgan fingerprint density at radius 3 is 2.51 bits per heavy atom. The molecule has 182 valence electrons. The molecule has 0 radical (unpaired) electrons. The zero-order valence-electron chi connectivity index (χ0n) is 19.7. The van der Waals surface area contributed by atoms with Crippen molar-refractivity contribution in [1.82, 2.24) is 14.9 Å². The third kappa shape index (κ3) is 5.54. The third-order valence-corrected chi connectivity index (χ3v) is 6.64. The summed E-state index contributed by atoms with van der Waals surface area (Å²) in [5, 5.41) is 9.75. The van der Waals surface area contributed by atoms with E-state index in [9.17, 15) is 14.7 Å². The molecule has 1 fully saturated rings. The average molecular weight is 477 g/mol. The number of likely N-dealkylation sites (tertiary alicyclic amines) is 1. The monoisotopic (exact) mass is 476 g/mol. The molecule has 35 heavy (non-hydrogen) atoms. The first-order valence-electron chi connectivity index (χ1n) is 11.7. The second kappa shape index (κ2) is 10.7. The number of rotatable bonds is 7. The van der Waals surface area contributed by atoms with Crippen LogP contribution in [0.15, 0.2) is 54.7 Å². The minimum atomic E-state index is -0.668. The number of piperidine rings is 1. The van der Waals surface area contributed by atoms with Crippen molar-refractivity contribution in [2.24, 2.45) is 0 Å². The summed E-state index contributed by atoms with van der Waals surface area (Å²) in [6.45, 7) is 2.67. The van der Waals surface area contributed by atoms with Gasteiger partial charge in [0.25, 0.3) is 0 Å². The quantitative estimate of drug-likeness (QED) is 0.500. The van der Waals surface area contributed by atoms with Crippen LogP contribution in [0.4, 0.5) is 10.2 Å². The SMILES string of the molecule is CC(=O)N1CCC(c2cnc(N)c(-c3ccc(C(=O)C[C@H](CO)c4ccccc4)c(F)c3)n2)CC1. The van der Waals surface area contributed by atoms with E-state index in [2.05, 4.69) is 9.97 Å². The zero-order chi connectivity index (χ0) is 24.9. The molecule has 0 saturated carbocycles. The minimum Gasteiger partial charge on any atom is -0.396 e. The lowest BCUT2D eigenvalue weighted by molar-refractivity contribution is -0.129. The highest BCUT2D eigenvalue weighted by Crippen LogP contribution is 2.31. The van der Waals surface area contributed by atoms with Crippen LogP contribution in [0, 0.1) is 5.82 Å². The lowest BCUT2D eigenvalue weighted by Crippen LogP contribution is -2.36. The number of Topliss-reactive ketones (excluding diaryl/α,β-unsaturated/α-hetero) is 1. The van der Waals surface area contributed by atoms with Crippen molar-refractivity contribution in [3.63, 3.8) is 0 Å². The molecular formula is C27H29FN4O3. The van der Waals surface area contributed by atoms with E-state index in [0.29, 0.717) is 24.3 Å². The van der Waals surface area contributed by atoms with Gasteiger partial charge in [0.05, 0.1) is 24.1 Å². The number of carbonyl (C=O) groups excluding carboxylic acids is 2. The molecule has 1 amide bonds. The molecule has 1 aliphatic heterocycles. The molecule has 0 bridgehead atoms. The van der Waals surface area contributed by atoms with Gasteiger partial charge in [-0.25, -0.2) is 14.4 Å². The Morgan fingerprint density at radius 1 is 1.17 bits per heavy atom. The Morgan fingerprint density at radius 2 is 1.89 bits per heavy atom. The van der Waals surface area contributed by atoms with Crippen LogP contribution in [0.3, 0.4) is 0 Å². The van der Waals surface area contributed by atoms with Crippen molar-refractivity contribution >= 4 is 17.5 Å². The van der Waals surface area contributed by atoms with Gasteiger partial charge in [-0.2, -0.15) is 0 Å². The molecular weight excluding hydrogens is 447 g/mol. The number of nitrogen functional groups attached to an aromatic ring is 1. The van der Waals surface area contributed by atoms with E-state index in [4.69, 9.17) is 5.73 Å². The molecule has 1 atom stereocenters. The number of ketones is 1. The predicted octanol–water partition coefficient (Wildman–Crippen LogP) is 3.94. The van der Waals surface area contributed by atoms with Gasteiger partial charge in [-0.15, -0.1) is 0 Å². The molecule has 1 aliphatic rings. The van der Waals surface area contributed by atoms with Crippen LogP contribution < -0.4 is 5.73 Å². The van der Waals surface area contributed by atoms with E-state index in [1.54, 1.807) is 19.2 Å². The lowest BCUT2D eigenvalue weighted by atomic mass is 9.91. The minimum absolute atomic E-state index is 0.00678. The summed E-state index contributed by atoms with van der Waals surface area (Å²) >= 11 is 0. The van der Waals surface area contributed by atoms with Crippen LogP contribution in [0.5, 0.6) is 0 Å². The van der Waals surface area contributed by atoms with Gasteiger partial charge < -0.3 is 15.7 Å². The smallest absolute Gasteiger partial charge is 0.219 e. The second-order valence-electron chi connectivity index (χ2n) is 8.92. The number of benzene rings is 2. The number of aliphatic hydroxyl groups excluding tert-OH is 1. The number of aliphatic hydroxyl groups is 1. The lowest BCUT2D eigenvalue weighted by Gasteiger charge is -2.31. The molecule has 2 aromatic carbocycles. The van der Waals surface area contributed by atoms with Gasteiger partial charge in [0.2, 0.25) is 5.91 Å². The molecule has 7 nitrogen and oxygen atoms in total. The fourth-order valence-corrected chi connectivity index (χ4v) is 4.55. The van der Waals surface area contributed by atoms with Crippen molar-refractivity contribution in [2.75, 3.05) is 25.4 Å². The summed E-state index contributed by atoms with van der Waals surface area (Å²) in [7, 11) is 0. The number of amides is 1. The van der Waals surface area contributed by atoms with Gasteiger partial charge in [0, 0.05) is 43.8 Å². The van der Waals surface area contributed by atoms with Crippen LogP contribution >= 0.6 is 0 Å². The van der Waals surface area contributed by atoms with E-state index in [-0.39, 0.29) is 42.0 Å². The molecule has 0 spiro atoms. The molecule has 3 aromatic rings. The summed E-state index contributed by atoms with van der Waals surface area (Å²) < 4.78 is 15.0. The van der Waals surface area contributed by atoms with E-state index in [1.165, 1.54) is 12.1 Å². The Bertz CT molecular complexity index is 1210. The molecule has 0 unspecified atom stereocenters. The largest absolute Gasteiger partial charge is 0.396 e. The molecule has 1 aromatic heterocycles. The topological polar surface area (TPSA) is 109 Å². The van der Waals surface area contributed by atoms with Gasteiger partial charge >= 0.3 is 0 Å². The standard InChI is InChI=1S/C27H29FN4O3/c1-17(34)32-11-9-19(10-12-32)24-15-30-27(29)26(31-24)20-7-8-22(23(28)13-20)25(35)14-21(16-33)18-5-3-2-4-6-18/h2-8,13,15,19,21,33H,9-12,14,16H2,1H3,(H2,29,30)/t21-/m1/s1. The Balaban J connectivity index is 1.52. The van der Waals surface area contributed by atoms with Crippen LogP contribution in [0.25, 0.3) is 11.3 Å². The van der Waals surface area contributed by atoms with Crippen molar-refractivity contribution in [3.05, 3.63) is 77.4 Å². The van der Waals surface area contributed by atoms with Crippen LogP contribution in [0.2, 0.25) is 0 Å². The average Bonchev–Trinajstić information content (AvgIpc) is 2.88. The Kier molecular flexibility index (Phi) is 7.51. The highest BCUT2D eigenvalue weighted by Gasteiger charge is 2.25. The predicted molar refractivity (Wildman–Crippen MR) is 131 cm³/mol. The maximum Gasteiger partial charge on any atom is 0.219 e. The van der Waals surface area contributed by atoms with Crippen molar-refractivity contribution in [1.29, 1.82) is 0 Å². The molecule has 2 heterocycles. The highest BCUT2D eigenvalue weighted by molar-refractivity contribution is 5.97. The van der Waals surface area contributed by atoms with Crippen LogP contribution in [-0.4, -0.2) is 51.4 Å². The first kappa shape index (κ1) is 24.5. The Labute approximate surface area is 203 Å². The summed E-state index contributed by atoms with van der Waals surface area (Å²) in [6.07, 6.45) is 3.17. The molecule has 1 saturated heterocycles. The van der Waals surface area contributed by atoms with Crippen LogP contribution in [-0.2, 0) is 4.79 Å². The first-order chi connectivity index (χ1) is 16.9. The number of aromatic nitrogens is 2. The summed E-state index contributed by atoms with van der Waals surface area (Å²) in [5.74, 6) is -1.09. The number of anilines is 1. The van der Waals surface area contributed by atoms with Crippen molar-refractivity contribution in [3.8, 4) is 11.3 Å². The van der Waals surface area contributed by atoms with Crippen molar-refractivity contribution in [2.45, 2.75) is 38.0 Å². The second-order valence-corrected chi connectivity index (χ2v) is 8.92. The van der Waals surface area contributed by atoms with E-state index in [0.717, 1.165) is 24.1 Å². The maximum atomic E-state index is 15.0. The number of hydrogen-bond acceptors (Lipinski definition) is 6. The molecule has 3 N–H and O–H groups in total. The summed E-state index contributed by atoms with van der Waals surface area (Å²) in [6, 6.07) is 13.5. The number of nitrogens with zero attached hydrogens (tertiary/aromatic N) is 3.